The molecule has 3 aromatic carbocycles. The Kier molecular flexibility index (Phi) is 12.5. The maximum atomic E-state index is 14.1. The summed E-state index contributed by atoms with van der Waals surface area (Å²) in [6.45, 7) is 1.60. The van der Waals surface area contributed by atoms with Crippen LogP contribution in [0.3, 0.4) is 0 Å². The average molecular weight is 670 g/mol. The van der Waals surface area contributed by atoms with Gasteiger partial charge in [-0.05, 0) is 63.1 Å². The van der Waals surface area contributed by atoms with E-state index in [-0.39, 0.29) is 66.5 Å². The average Bonchev–Trinajstić information content (AvgIpc) is 3.06. The number of nitro groups is 1. The molecule has 0 saturated heterocycles. The number of non-ortho nitro benzene ring substituents is 1. The molecule has 0 aromatic heterocycles. The summed E-state index contributed by atoms with van der Waals surface area (Å²) in [7, 11) is 2.84. The highest BCUT2D eigenvalue weighted by molar-refractivity contribution is 5.96. The van der Waals surface area contributed by atoms with Crippen LogP contribution < -0.4 is 24.8 Å². The minimum atomic E-state index is -1.36. The lowest BCUT2D eigenvalue weighted by Crippen LogP contribution is -2.50. The summed E-state index contributed by atoms with van der Waals surface area (Å²) in [6, 6.07) is 11.4. The van der Waals surface area contributed by atoms with Gasteiger partial charge in [0.15, 0.2) is 11.5 Å². The quantitative estimate of drug-likeness (QED) is 0.140. The van der Waals surface area contributed by atoms with Crippen molar-refractivity contribution in [2.45, 2.75) is 76.4 Å². The van der Waals surface area contributed by atoms with E-state index >= 15 is 0 Å². The van der Waals surface area contributed by atoms with Crippen molar-refractivity contribution >= 4 is 23.4 Å². The van der Waals surface area contributed by atoms with Gasteiger partial charge < -0.3 is 39.8 Å². The SMILES string of the molecule is COc1cc(OCc2cccc([N+](=O)[O-])c2)c2c(c1OC)CCC[C@H](O)[C@H](O)[C@@H](NC(=O)Nc1ccccc1F)CCC[C@H](C)OC2=O. The fraction of sp³-hybridized carbons (Fsp3) is 0.412. The molecule has 0 spiro atoms. The fourth-order valence-electron chi connectivity index (χ4n) is 5.61. The van der Waals surface area contributed by atoms with E-state index in [2.05, 4.69) is 10.6 Å². The van der Waals surface area contributed by atoms with Crippen molar-refractivity contribution in [1.82, 2.24) is 5.32 Å². The molecule has 4 rings (SSSR count). The van der Waals surface area contributed by atoms with Crippen molar-refractivity contribution in [3.8, 4) is 17.2 Å². The number of esters is 1. The number of carbonyl (C=O) groups excluding carboxylic acids is 2. The number of aliphatic hydroxyl groups excluding tert-OH is 2. The van der Waals surface area contributed by atoms with Gasteiger partial charge in [0.05, 0.1) is 43.1 Å². The van der Waals surface area contributed by atoms with Gasteiger partial charge in [0.1, 0.15) is 29.8 Å². The van der Waals surface area contributed by atoms with Crippen molar-refractivity contribution in [2.24, 2.45) is 0 Å². The summed E-state index contributed by atoms with van der Waals surface area (Å²) in [5.74, 6) is -0.683. The standard InChI is InChI=1S/C34H40FN3O10/c1-20-9-6-15-26(37-34(42)36-25-14-5-4-13-24(25)35)31(40)27(39)16-8-12-23-30(33(41)48-20)28(18-29(45-2)32(23)46-3)47-19-21-10-7-11-22(17-21)38(43)44/h4-5,7,10-11,13-14,17-18,20,26-27,31,39-40H,6,8-9,12,15-16,19H2,1-3H3,(H2,36,37,42)/t20-,26-,27-,31+/m0/s1. The van der Waals surface area contributed by atoms with E-state index in [4.69, 9.17) is 18.9 Å². The Hall–Kier alpha value is -4.95. The molecule has 0 aliphatic carbocycles. The number of anilines is 1. The topological polar surface area (TPSA) is 179 Å². The second kappa shape index (κ2) is 16.7. The second-order valence-electron chi connectivity index (χ2n) is 11.5. The Bertz CT molecular complexity index is 1600. The van der Waals surface area contributed by atoms with Crippen LogP contribution >= 0.6 is 0 Å². The monoisotopic (exact) mass is 669 g/mol. The van der Waals surface area contributed by atoms with Crippen LogP contribution in [0, 0.1) is 15.9 Å². The van der Waals surface area contributed by atoms with Crippen LogP contribution in [0.15, 0.2) is 54.6 Å². The Morgan fingerprint density at radius 1 is 1.04 bits per heavy atom. The van der Waals surface area contributed by atoms with Gasteiger partial charge in [-0.3, -0.25) is 10.1 Å². The van der Waals surface area contributed by atoms with Gasteiger partial charge in [0.25, 0.3) is 5.69 Å². The zero-order chi connectivity index (χ0) is 34.8. The fourth-order valence-corrected chi connectivity index (χ4v) is 5.61. The second-order valence-corrected chi connectivity index (χ2v) is 11.5. The number of cyclic esters (lactones) is 1. The van der Waals surface area contributed by atoms with Gasteiger partial charge in [-0.2, -0.15) is 0 Å². The first-order valence-corrected chi connectivity index (χ1v) is 15.6. The normalized spacial score (nSPS) is 20.3. The van der Waals surface area contributed by atoms with Crippen LogP contribution in [0.5, 0.6) is 17.2 Å². The summed E-state index contributed by atoms with van der Waals surface area (Å²) in [5, 5.41) is 38.5. The van der Waals surface area contributed by atoms with E-state index in [1.165, 1.54) is 56.7 Å². The molecular formula is C34H40FN3O10. The third-order valence-electron chi connectivity index (χ3n) is 8.06. The van der Waals surface area contributed by atoms with Crippen LogP contribution in [-0.4, -0.2) is 65.7 Å². The number of ether oxygens (including phenoxy) is 4. The minimum absolute atomic E-state index is 0.0389. The number of carbonyl (C=O) groups is 2. The molecule has 1 heterocycles. The smallest absolute Gasteiger partial charge is 0.342 e. The van der Waals surface area contributed by atoms with Crippen molar-refractivity contribution in [3.05, 3.63) is 87.2 Å². The maximum Gasteiger partial charge on any atom is 0.342 e. The van der Waals surface area contributed by atoms with Crippen LogP contribution in [0.4, 0.5) is 20.6 Å². The van der Waals surface area contributed by atoms with E-state index in [1.807, 2.05) is 0 Å². The van der Waals surface area contributed by atoms with Crippen molar-refractivity contribution in [2.75, 3.05) is 19.5 Å². The zero-order valence-corrected chi connectivity index (χ0v) is 26.9. The van der Waals surface area contributed by atoms with Crippen molar-refractivity contribution in [1.29, 1.82) is 0 Å². The summed E-state index contributed by atoms with van der Waals surface area (Å²) in [5.41, 5.74) is 0.825. The number of methoxy groups -OCH3 is 2. The number of amides is 2. The number of hydrogen-bond acceptors (Lipinski definition) is 10. The molecule has 0 bridgehead atoms. The van der Waals surface area contributed by atoms with Gasteiger partial charge in [0.2, 0.25) is 0 Å². The molecule has 4 N–H and O–H groups in total. The lowest BCUT2D eigenvalue weighted by molar-refractivity contribution is -0.384. The summed E-state index contributed by atoms with van der Waals surface area (Å²) in [6.07, 6.45) is -1.78. The number of hydrogen-bond donors (Lipinski definition) is 4. The van der Waals surface area contributed by atoms with Crippen molar-refractivity contribution < 1.29 is 48.1 Å². The molecule has 258 valence electrons. The van der Waals surface area contributed by atoms with Gasteiger partial charge >= 0.3 is 12.0 Å². The first-order chi connectivity index (χ1) is 23.0. The predicted molar refractivity (Wildman–Crippen MR) is 173 cm³/mol. The molecule has 14 heteroatoms. The number of nitro benzene ring substituents is 1. The Labute approximate surface area is 277 Å². The highest BCUT2D eigenvalue weighted by Gasteiger charge is 2.31. The molecule has 48 heavy (non-hydrogen) atoms. The molecule has 4 atom stereocenters. The van der Waals surface area contributed by atoms with Crippen LogP contribution in [0.25, 0.3) is 0 Å². The molecular weight excluding hydrogens is 629 g/mol. The van der Waals surface area contributed by atoms with E-state index < -0.39 is 47.1 Å². The number of rotatable bonds is 8. The van der Waals surface area contributed by atoms with E-state index in [0.717, 1.165) is 0 Å². The molecule has 13 nitrogen and oxygen atoms in total. The Morgan fingerprint density at radius 2 is 1.81 bits per heavy atom. The van der Waals surface area contributed by atoms with Crippen LogP contribution in [0.2, 0.25) is 0 Å². The van der Waals surface area contributed by atoms with Crippen LogP contribution in [-0.2, 0) is 17.8 Å². The number of halogens is 1. The maximum absolute atomic E-state index is 14.1. The number of urea groups is 1. The first-order valence-electron chi connectivity index (χ1n) is 15.6. The van der Waals surface area contributed by atoms with E-state index in [1.54, 1.807) is 19.1 Å². The van der Waals surface area contributed by atoms with E-state index in [0.29, 0.717) is 24.0 Å². The molecule has 0 radical (unpaired) electrons. The molecule has 1 aliphatic heterocycles. The number of aliphatic hydroxyl groups is 2. The van der Waals surface area contributed by atoms with Crippen LogP contribution in [0.1, 0.15) is 60.5 Å². The highest BCUT2D eigenvalue weighted by Crippen LogP contribution is 2.41. The lowest BCUT2D eigenvalue weighted by atomic mass is 9.93. The summed E-state index contributed by atoms with van der Waals surface area (Å²) < 4.78 is 37.2. The Balaban J connectivity index is 1.60. The largest absolute Gasteiger partial charge is 0.493 e. The number of para-hydroxylation sites is 1. The number of nitrogens with zero attached hydrogens (tertiary/aromatic N) is 1. The summed E-state index contributed by atoms with van der Waals surface area (Å²) in [4.78, 5) is 37.3. The molecule has 0 unspecified atom stereocenters. The van der Waals surface area contributed by atoms with Gasteiger partial charge in [-0.1, -0.05) is 24.3 Å². The van der Waals surface area contributed by atoms with Crippen molar-refractivity contribution in [3.63, 3.8) is 0 Å². The molecule has 0 fully saturated rings. The third kappa shape index (κ3) is 9.10. The number of nitrogens with one attached hydrogen (secondary N) is 2. The van der Waals surface area contributed by atoms with Gasteiger partial charge in [-0.25, -0.2) is 14.0 Å². The predicted octanol–water partition coefficient (Wildman–Crippen LogP) is 5.29. The first kappa shape index (κ1) is 35.9. The third-order valence-corrected chi connectivity index (χ3v) is 8.06. The highest BCUT2D eigenvalue weighted by atomic mass is 19.1. The Morgan fingerprint density at radius 3 is 2.52 bits per heavy atom. The zero-order valence-electron chi connectivity index (χ0n) is 26.9. The summed E-state index contributed by atoms with van der Waals surface area (Å²) >= 11 is 0. The molecule has 2 amide bonds. The molecule has 1 aliphatic rings. The molecule has 0 saturated carbocycles. The minimum Gasteiger partial charge on any atom is -0.493 e. The van der Waals surface area contributed by atoms with Gasteiger partial charge in [-0.15, -0.1) is 0 Å². The molecule has 3 aromatic rings. The number of benzene rings is 3. The van der Waals surface area contributed by atoms with Gasteiger partial charge in [0, 0.05) is 23.8 Å². The van der Waals surface area contributed by atoms with E-state index in [9.17, 15) is 34.3 Å². The number of fused-ring (bicyclic) bond motifs is 1. The lowest BCUT2D eigenvalue weighted by Gasteiger charge is -2.29.